The number of anilines is 1. The largest absolute Gasteiger partial charge is 0.383 e. The van der Waals surface area contributed by atoms with Crippen molar-refractivity contribution < 1.29 is 4.79 Å². The summed E-state index contributed by atoms with van der Waals surface area (Å²) in [6, 6.07) is 22.7. The molecule has 0 radical (unpaired) electrons. The minimum atomic E-state index is -0.120. The van der Waals surface area contributed by atoms with Crippen molar-refractivity contribution in [2.75, 3.05) is 5.73 Å². The molecule has 0 saturated carbocycles. The predicted molar refractivity (Wildman–Crippen MR) is 143 cm³/mol. The number of hydrogen-bond acceptors (Lipinski definition) is 5. The monoisotopic (exact) mass is 528 g/mol. The van der Waals surface area contributed by atoms with E-state index in [4.69, 9.17) is 10.7 Å². The lowest BCUT2D eigenvalue weighted by Gasteiger charge is -2.11. The highest BCUT2D eigenvalue weighted by atomic mass is 79.9. The molecule has 1 amide bonds. The zero-order valence-corrected chi connectivity index (χ0v) is 21.0. The van der Waals surface area contributed by atoms with E-state index in [1.807, 2.05) is 79.1 Å². The van der Waals surface area contributed by atoms with Gasteiger partial charge in [-0.25, -0.2) is 15.0 Å². The van der Waals surface area contributed by atoms with Crippen molar-refractivity contribution in [1.82, 2.24) is 24.8 Å². The normalized spacial score (nSPS) is 10.5. The lowest BCUT2D eigenvalue weighted by molar-refractivity contribution is 0.0951. The second-order valence-electron chi connectivity index (χ2n) is 7.41. The highest BCUT2D eigenvalue weighted by Crippen LogP contribution is 2.30. The maximum Gasteiger partial charge on any atom is 0.251 e. The van der Waals surface area contributed by atoms with Gasteiger partial charge in [0.25, 0.3) is 5.91 Å². The molecule has 0 spiro atoms. The van der Waals surface area contributed by atoms with Crippen LogP contribution in [0.5, 0.6) is 0 Å². The van der Waals surface area contributed by atoms with Gasteiger partial charge in [0.2, 0.25) is 0 Å². The first-order chi connectivity index (χ1) is 17.1. The van der Waals surface area contributed by atoms with Gasteiger partial charge >= 0.3 is 0 Å². The summed E-state index contributed by atoms with van der Waals surface area (Å²) in [6.07, 6.45) is 3.39. The van der Waals surface area contributed by atoms with Crippen LogP contribution < -0.4 is 11.1 Å². The first-order valence-corrected chi connectivity index (χ1v) is 12.1. The average molecular weight is 529 g/mol. The third-order valence-corrected chi connectivity index (χ3v) is 5.78. The average Bonchev–Trinajstić information content (AvgIpc) is 3.29. The van der Waals surface area contributed by atoms with Crippen LogP contribution in [0.4, 0.5) is 5.82 Å². The van der Waals surface area contributed by atoms with Crippen molar-refractivity contribution in [3.05, 3.63) is 101 Å². The number of aromatic nitrogens is 4. The molecule has 35 heavy (non-hydrogen) atoms. The number of rotatable bonds is 5. The van der Waals surface area contributed by atoms with Crippen molar-refractivity contribution in [3.63, 3.8) is 0 Å². The molecule has 5 rings (SSSR count). The number of benzene rings is 2. The van der Waals surface area contributed by atoms with Gasteiger partial charge in [0.1, 0.15) is 11.3 Å². The van der Waals surface area contributed by atoms with Gasteiger partial charge < -0.3 is 11.1 Å². The Bertz CT molecular complexity index is 1450. The highest BCUT2D eigenvalue weighted by molar-refractivity contribution is 9.10. The van der Waals surface area contributed by atoms with Crippen molar-refractivity contribution in [3.8, 4) is 17.1 Å². The number of nitrogens with zero attached hydrogens (tertiary/aromatic N) is 4. The lowest BCUT2D eigenvalue weighted by atomic mass is 10.1. The number of imidazole rings is 1. The smallest absolute Gasteiger partial charge is 0.251 e. The molecule has 8 heteroatoms. The van der Waals surface area contributed by atoms with E-state index in [-0.39, 0.29) is 5.91 Å². The Morgan fingerprint density at radius 3 is 2.34 bits per heavy atom. The maximum atomic E-state index is 12.4. The van der Waals surface area contributed by atoms with E-state index in [1.165, 1.54) is 0 Å². The van der Waals surface area contributed by atoms with Crippen LogP contribution >= 0.6 is 15.9 Å². The zero-order chi connectivity index (χ0) is 24.8. The standard InChI is InChI=1S/C25H19BrN6O.C2H6/c26-18-9-7-17(8-10-18)25(33)30-15-16-5-11-19(12-6-16)32-23(20-3-1-13-28-22(20)27)31-21-4-2-14-29-24(21)32;1-2/h1-14H,15H2,(H2,27,28)(H,30,33);1-2H3. The molecule has 0 aliphatic carbocycles. The number of halogens is 1. The molecule has 2 aromatic carbocycles. The molecule has 0 atom stereocenters. The number of hydrogen-bond donors (Lipinski definition) is 2. The van der Waals surface area contributed by atoms with Gasteiger partial charge in [0.05, 0.1) is 5.56 Å². The number of nitrogens with one attached hydrogen (secondary N) is 1. The Labute approximate surface area is 212 Å². The molecule has 0 saturated heterocycles. The second kappa shape index (κ2) is 10.9. The number of pyridine rings is 2. The van der Waals surface area contributed by atoms with E-state index in [2.05, 4.69) is 31.2 Å². The number of nitrogen functional groups attached to an aromatic ring is 1. The summed E-state index contributed by atoms with van der Waals surface area (Å²) < 4.78 is 2.90. The molecule has 3 N–H and O–H groups in total. The molecule has 7 nitrogen and oxygen atoms in total. The summed E-state index contributed by atoms with van der Waals surface area (Å²) in [7, 11) is 0. The van der Waals surface area contributed by atoms with E-state index >= 15 is 0 Å². The minimum absolute atomic E-state index is 0.120. The minimum Gasteiger partial charge on any atom is -0.383 e. The summed E-state index contributed by atoms with van der Waals surface area (Å²) in [6.45, 7) is 4.42. The second-order valence-corrected chi connectivity index (χ2v) is 8.32. The Balaban J connectivity index is 0.00000141. The van der Waals surface area contributed by atoms with Crippen LogP contribution in [-0.4, -0.2) is 25.4 Å². The van der Waals surface area contributed by atoms with E-state index in [1.54, 1.807) is 24.5 Å². The third-order valence-electron chi connectivity index (χ3n) is 5.25. The molecule has 5 aromatic rings. The van der Waals surface area contributed by atoms with Gasteiger partial charge in [-0.2, -0.15) is 0 Å². The van der Waals surface area contributed by atoms with Gasteiger partial charge in [-0.1, -0.05) is 41.9 Å². The van der Waals surface area contributed by atoms with Crippen LogP contribution in [-0.2, 0) is 6.54 Å². The van der Waals surface area contributed by atoms with Gasteiger partial charge in [-0.3, -0.25) is 9.36 Å². The number of carbonyl (C=O) groups is 1. The maximum absolute atomic E-state index is 12.4. The predicted octanol–water partition coefficient (Wildman–Crippen LogP) is 5.78. The number of amides is 1. The van der Waals surface area contributed by atoms with Gasteiger partial charge in [0.15, 0.2) is 11.5 Å². The van der Waals surface area contributed by atoms with Gasteiger partial charge in [0, 0.05) is 34.7 Å². The Kier molecular flexibility index (Phi) is 7.52. The van der Waals surface area contributed by atoms with Crippen molar-refractivity contribution in [2.24, 2.45) is 0 Å². The fraction of sp³-hybridized carbons (Fsp3) is 0.111. The van der Waals surface area contributed by atoms with E-state index < -0.39 is 0 Å². The van der Waals surface area contributed by atoms with Gasteiger partial charge in [-0.05, 0) is 66.2 Å². The van der Waals surface area contributed by atoms with Gasteiger partial charge in [-0.15, -0.1) is 0 Å². The van der Waals surface area contributed by atoms with Crippen LogP contribution in [0, 0.1) is 0 Å². The fourth-order valence-electron chi connectivity index (χ4n) is 3.59. The van der Waals surface area contributed by atoms with Crippen LogP contribution in [0.1, 0.15) is 29.8 Å². The molecule has 3 heterocycles. The quantitative estimate of drug-likeness (QED) is 0.301. The fourth-order valence-corrected chi connectivity index (χ4v) is 3.86. The first kappa shape index (κ1) is 24.1. The molecule has 3 aromatic heterocycles. The SMILES string of the molecule is CC.Nc1ncccc1-c1nc2cccnc2n1-c1ccc(CNC(=O)c2ccc(Br)cc2)cc1. The molecule has 176 valence electrons. The molecular formula is C27H25BrN6O. The third kappa shape index (κ3) is 5.22. The van der Waals surface area contributed by atoms with Crippen molar-refractivity contribution in [2.45, 2.75) is 20.4 Å². The van der Waals surface area contributed by atoms with Crippen molar-refractivity contribution in [1.29, 1.82) is 0 Å². The zero-order valence-electron chi connectivity index (χ0n) is 19.4. The first-order valence-electron chi connectivity index (χ1n) is 11.3. The molecule has 0 bridgehead atoms. The Morgan fingerprint density at radius 1 is 0.943 bits per heavy atom. The molecule has 0 aliphatic heterocycles. The van der Waals surface area contributed by atoms with Crippen LogP contribution in [0.25, 0.3) is 28.2 Å². The van der Waals surface area contributed by atoms with Crippen LogP contribution in [0.15, 0.2) is 89.7 Å². The number of fused-ring (bicyclic) bond motifs is 1. The molecular weight excluding hydrogens is 504 g/mol. The summed E-state index contributed by atoms with van der Waals surface area (Å²) >= 11 is 3.38. The van der Waals surface area contributed by atoms with Crippen LogP contribution in [0.3, 0.4) is 0 Å². The highest BCUT2D eigenvalue weighted by Gasteiger charge is 2.17. The summed E-state index contributed by atoms with van der Waals surface area (Å²) in [4.78, 5) is 25.9. The van der Waals surface area contributed by atoms with E-state index in [0.717, 1.165) is 32.5 Å². The number of nitrogens with two attached hydrogens (primary N) is 1. The summed E-state index contributed by atoms with van der Waals surface area (Å²) in [5, 5.41) is 2.95. The molecule has 0 aliphatic rings. The van der Waals surface area contributed by atoms with Crippen LogP contribution in [0.2, 0.25) is 0 Å². The Morgan fingerprint density at radius 2 is 1.63 bits per heavy atom. The van der Waals surface area contributed by atoms with E-state index in [0.29, 0.717) is 23.8 Å². The summed E-state index contributed by atoms with van der Waals surface area (Å²) in [5.41, 5.74) is 10.9. The van der Waals surface area contributed by atoms with E-state index in [9.17, 15) is 4.79 Å². The number of carbonyl (C=O) groups excluding carboxylic acids is 1. The molecule has 0 fully saturated rings. The lowest BCUT2D eigenvalue weighted by Crippen LogP contribution is -2.22. The topological polar surface area (TPSA) is 98.7 Å². The Hall–Kier alpha value is -4.04. The van der Waals surface area contributed by atoms with Crippen molar-refractivity contribution >= 4 is 38.8 Å². The molecule has 0 unspecified atom stereocenters. The summed E-state index contributed by atoms with van der Waals surface area (Å²) in [5.74, 6) is 0.956.